The van der Waals surface area contributed by atoms with Gasteiger partial charge in [-0.15, -0.1) is 0 Å². The third-order valence-electron chi connectivity index (χ3n) is 2.91. The molecule has 0 saturated carbocycles. The number of rotatable bonds is 4. The van der Waals surface area contributed by atoms with E-state index in [-0.39, 0.29) is 12.3 Å². The Morgan fingerprint density at radius 1 is 1.28 bits per heavy atom. The van der Waals surface area contributed by atoms with Gasteiger partial charge in [0, 0.05) is 32.7 Å². The molecule has 8 heteroatoms. The second-order valence-electron chi connectivity index (χ2n) is 4.05. The number of nitrogens with zero attached hydrogens (tertiary/aromatic N) is 5. The number of hydrogen-bond acceptors (Lipinski definition) is 7. The van der Waals surface area contributed by atoms with Crippen molar-refractivity contribution in [1.82, 2.24) is 14.9 Å². The number of anilines is 1. The van der Waals surface area contributed by atoms with E-state index in [2.05, 4.69) is 14.9 Å². The van der Waals surface area contributed by atoms with Crippen LogP contribution in [-0.2, 0) is 0 Å². The fourth-order valence-corrected chi connectivity index (χ4v) is 1.88. The summed E-state index contributed by atoms with van der Waals surface area (Å²) < 4.78 is 0. The summed E-state index contributed by atoms with van der Waals surface area (Å²) in [6, 6.07) is 0. The molecule has 2 rings (SSSR count). The highest BCUT2D eigenvalue weighted by Gasteiger charge is 2.19. The molecule has 0 spiro atoms. The normalized spacial score (nSPS) is 16.8. The number of aliphatic hydroxyl groups excluding tert-OH is 1. The van der Waals surface area contributed by atoms with Crippen molar-refractivity contribution in [3.8, 4) is 0 Å². The highest BCUT2D eigenvalue weighted by atomic mass is 16.6. The van der Waals surface area contributed by atoms with E-state index < -0.39 is 4.92 Å². The molecule has 1 aromatic heterocycles. The van der Waals surface area contributed by atoms with Crippen molar-refractivity contribution >= 4 is 11.6 Å². The molecule has 8 nitrogen and oxygen atoms in total. The lowest BCUT2D eigenvalue weighted by atomic mass is 10.3. The average Bonchev–Trinajstić information content (AvgIpc) is 2.40. The zero-order chi connectivity index (χ0) is 13.0. The van der Waals surface area contributed by atoms with Crippen molar-refractivity contribution in [3.63, 3.8) is 0 Å². The summed E-state index contributed by atoms with van der Waals surface area (Å²) >= 11 is 0. The first-order chi connectivity index (χ1) is 8.70. The topological polar surface area (TPSA) is 95.6 Å². The van der Waals surface area contributed by atoms with E-state index >= 15 is 0 Å². The maximum absolute atomic E-state index is 10.5. The Morgan fingerprint density at radius 3 is 2.39 bits per heavy atom. The van der Waals surface area contributed by atoms with E-state index in [9.17, 15) is 10.1 Å². The standard InChI is InChI=1S/C10H15N5O3/c16-6-5-13-1-3-14(4-2-13)10-11-7-9(8-12-10)15(17)18/h7-8,16H,1-6H2. The van der Waals surface area contributed by atoms with Crippen LogP contribution < -0.4 is 4.90 Å². The van der Waals surface area contributed by atoms with Gasteiger partial charge < -0.3 is 10.0 Å². The average molecular weight is 253 g/mol. The first kappa shape index (κ1) is 12.7. The molecule has 1 aromatic rings. The van der Waals surface area contributed by atoms with Gasteiger partial charge in [-0.25, -0.2) is 9.97 Å². The number of hydrogen-bond donors (Lipinski definition) is 1. The lowest BCUT2D eigenvalue weighted by Crippen LogP contribution is -2.47. The van der Waals surface area contributed by atoms with Gasteiger partial charge in [0.1, 0.15) is 12.4 Å². The van der Waals surface area contributed by atoms with E-state index in [1.54, 1.807) is 0 Å². The molecule has 0 radical (unpaired) electrons. The van der Waals surface area contributed by atoms with E-state index in [0.29, 0.717) is 12.5 Å². The Balaban J connectivity index is 1.95. The summed E-state index contributed by atoms with van der Waals surface area (Å²) in [5.74, 6) is 0.518. The van der Waals surface area contributed by atoms with Crippen LogP contribution in [0.1, 0.15) is 0 Å². The number of aliphatic hydroxyl groups is 1. The first-order valence-electron chi connectivity index (χ1n) is 5.75. The molecule has 0 amide bonds. The molecule has 1 aliphatic heterocycles. The summed E-state index contributed by atoms with van der Waals surface area (Å²) in [7, 11) is 0. The predicted molar refractivity (Wildman–Crippen MR) is 64.4 cm³/mol. The van der Waals surface area contributed by atoms with Gasteiger partial charge in [-0.05, 0) is 0 Å². The van der Waals surface area contributed by atoms with Crippen molar-refractivity contribution in [3.05, 3.63) is 22.5 Å². The van der Waals surface area contributed by atoms with Gasteiger partial charge in [-0.2, -0.15) is 0 Å². The number of aromatic nitrogens is 2. The largest absolute Gasteiger partial charge is 0.395 e. The molecule has 1 aliphatic rings. The number of piperazine rings is 1. The molecular formula is C10H15N5O3. The Bertz CT molecular complexity index is 402. The van der Waals surface area contributed by atoms with E-state index in [0.717, 1.165) is 26.2 Å². The van der Waals surface area contributed by atoms with Crippen LogP contribution >= 0.6 is 0 Å². The summed E-state index contributed by atoms with van der Waals surface area (Å²) in [5, 5.41) is 19.3. The van der Waals surface area contributed by atoms with Gasteiger partial charge in [0.05, 0.1) is 11.5 Å². The lowest BCUT2D eigenvalue weighted by molar-refractivity contribution is -0.385. The molecular weight excluding hydrogens is 238 g/mol. The molecule has 0 bridgehead atoms. The summed E-state index contributed by atoms with van der Waals surface area (Å²) in [5.41, 5.74) is -0.0994. The third-order valence-corrected chi connectivity index (χ3v) is 2.91. The second-order valence-corrected chi connectivity index (χ2v) is 4.05. The molecule has 98 valence electrons. The van der Waals surface area contributed by atoms with Crippen molar-refractivity contribution in [2.75, 3.05) is 44.2 Å². The summed E-state index contributed by atoms with van der Waals surface area (Å²) in [6.45, 7) is 4.03. The van der Waals surface area contributed by atoms with Gasteiger partial charge >= 0.3 is 5.69 Å². The van der Waals surface area contributed by atoms with Gasteiger partial charge in [-0.3, -0.25) is 15.0 Å². The minimum atomic E-state index is -0.511. The highest BCUT2D eigenvalue weighted by molar-refractivity contribution is 5.34. The van der Waals surface area contributed by atoms with Crippen LogP contribution in [-0.4, -0.2) is 64.2 Å². The van der Waals surface area contributed by atoms with Crippen molar-refractivity contribution in [2.45, 2.75) is 0 Å². The fraction of sp³-hybridized carbons (Fsp3) is 0.600. The molecule has 1 saturated heterocycles. The van der Waals surface area contributed by atoms with Crippen LogP contribution in [0.5, 0.6) is 0 Å². The Kier molecular flexibility index (Phi) is 4.00. The molecule has 0 aliphatic carbocycles. The SMILES string of the molecule is O=[N+]([O-])c1cnc(N2CCN(CCO)CC2)nc1. The van der Waals surface area contributed by atoms with Gasteiger partial charge in [0.25, 0.3) is 0 Å². The van der Waals surface area contributed by atoms with Gasteiger partial charge in [0.15, 0.2) is 0 Å². The summed E-state index contributed by atoms with van der Waals surface area (Å²) in [6.07, 6.45) is 2.45. The zero-order valence-corrected chi connectivity index (χ0v) is 9.90. The Labute approximate surface area is 104 Å². The van der Waals surface area contributed by atoms with Crippen LogP contribution in [0.2, 0.25) is 0 Å². The maximum Gasteiger partial charge on any atom is 0.305 e. The van der Waals surface area contributed by atoms with Crippen LogP contribution in [0.25, 0.3) is 0 Å². The number of nitro groups is 1. The minimum absolute atomic E-state index is 0.0994. The van der Waals surface area contributed by atoms with Crippen LogP contribution in [0, 0.1) is 10.1 Å². The molecule has 1 fully saturated rings. The quantitative estimate of drug-likeness (QED) is 0.570. The van der Waals surface area contributed by atoms with E-state index in [1.165, 1.54) is 12.4 Å². The third kappa shape index (κ3) is 2.90. The van der Waals surface area contributed by atoms with Gasteiger partial charge in [-0.1, -0.05) is 0 Å². The Hall–Kier alpha value is -1.80. The molecule has 2 heterocycles. The van der Waals surface area contributed by atoms with Crippen molar-refractivity contribution < 1.29 is 10.0 Å². The zero-order valence-electron chi connectivity index (χ0n) is 9.90. The fourth-order valence-electron chi connectivity index (χ4n) is 1.88. The molecule has 18 heavy (non-hydrogen) atoms. The molecule has 0 unspecified atom stereocenters. The van der Waals surface area contributed by atoms with Crippen molar-refractivity contribution in [2.24, 2.45) is 0 Å². The van der Waals surface area contributed by atoms with Crippen LogP contribution in [0.4, 0.5) is 11.6 Å². The van der Waals surface area contributed by atoms with E-state index in [4.69, 9.17) is 5.11 Å². The monoisotopic (exact) mass is 253 g/mol. The van der Waals surface area contributed by atoms with Gasteiger partial charge in [0.2, 0.25) is 5.95 Å². The Morgan fingerprint density at radius 2 is 1.89 bits per heavy atom. The molecule has 0 atom stereocenters. The minimum Gasteiger partial charge on any atom is -0.395 e. The van der Waals surface area contributed by atoms with Crippen LogP contribution in [0.15, 0.2) is 12.4 Å². The summed E-state index contributed by atoms with van der Waals surface area (Å²) in [4.78, 5) is 22.1. The first-order valence-corrected chi connectivity index (χ1v) is 5.75. The lowest BCUT2D eigenvalue weighted by Gasteiger charge is -2.34. The second kappa shape index (κ2) is 5.69. The number of β-amino-alcohol motifs (C(OH)–C–C–N with tert-alkyl or cyclic N) is 1. The smallest absolute Gasteiger partial charge is 0.305 e. The predicted octanol–water partition coefficient (Wildman–Crippen LogP) is -0.501. The van der Waals surface area contributed by atoms with Crippen LogP contribution in [0.3, 0.4) is 0 Å². The maximum atomic E-state index is 10.5. The van der Waals surface area contributed by atoms with E-state index in [1.807, 2.05) is 4.90 Å². The molecule has 0 aromatic carbocycles. The highest BCUT2D eigenvalue weighted by Crippen LogP contribution is 2.13. The van der Waals surface area contributed by atoms with Crippen molar-refractivity contribution in [1.29, 1.82) is 0 Å². The molecule has 1 N–H and O–H groups in total.